The van der Waals surface area contributed by atoms with E-state index >= 15 is 0 Å². The topological polar surface area (TPSA) is 89.0 Å². The van der Waals surface area contributed by atoms with Crippen LogP contribution in [0.4, 0.5) is 0 Å². The number of carbonyl (C=O) groups is 1. The second-order valence-electron chi connectivity index (χ2n) is 5.83. The van der Waals surface area contributed by atoms with Crippen molar-refractivity contribution in [1.82, 2.24) is 0 Å². The maximum atomic E-state index is 11.0. The van der Waals surface area contributed by atoms with Gasteiger partial charge in [-0.2, -0.15) is 0 Å². The van der Waals surface area contributed by atoms with Gasteiger partial charge in [0.1, 0.15) is 18.6 Å². The molecular weight excluding hydrogens is 238 g/mol. The summed E-state index contributed by atoms with van der Waals surface area (Å²) in [6.07, 6.45) is 10.3. The molecule has 4 nitrogen and oxygen atoms in total. The van der Waals surface area contributed by atoms with Crippen LogP contribution >= 0.6 is 0 Å². The van der Waals surface area contributed by atoms with E-state index < -0.39 is 0 Å². The maximum Gasteiger partial charge on any atom is 0.186 e. The minimum Gasteiger partial charge on any atom is -0.350 e. The number of carbonyl (C=O) groups excluding carboxylic acids is 1. The predicted octanol–water partition coefficient (Wildman–Crippen LogP) is -0.499. The standard InChI is InChI=1S/C15H33N3O/c1-3-4-5-6-7-8-9-14(16)12-18-11-10-15(17)13(2)19/h14-15,18H,3-12,16-17H2,1-2H3/p+3/t14-,15-/m0/s1. The van der Waals surface area contributed by atoms with Crippen LogP contribution < -0.4 is 16.8 Å². The fourth-order valence-corrected chi connectivity index (χ4v) is 2.21. The highest BCUT2D eigenvalue weighted by Crippen LogP contribution is 2.06. The Morgan fingerprint density at radius 3 is 2.32 bits per heavy atom. The van der Waals surface area contributed by atoms with E-state index in [1.165, 1.54) is 44.9 Å². The van der Waals surface area contributed by atoms with E-state index in [2.05, 4.69) is 23.7 Å². The Balaban J connectivity index is 3.30. The molecule has 19 heavy (non-hydrogen) atoms. The molecule has 8 N–H and O–H groups in total. The van der Waals surface area contributed by atoms with Crippen molar-refractivity contribution >= 4 is 5.78 Å². The fourth-order valence-electron chi connectivity index (χ4n) is 2.21. The third kappa shape index (κ3) is 12.3. The lowest BCUT2D eigenvalue weighted by Gasteiger charge is -2.08. The van der Waals surface area contributed by atoms with Crippen molar-refractivity contribution in [1.29, 1.82) is 0 Å². The summed E-state index contributed by atoms with van der Waals surface area (Å²) >= 11 is 0. The van der Waals surface area contributed by atoms with E-state index in [-0.39, 0.29) is 11.8 Å². The predicted molar refractivity (Wildman–Crippen MR) is 78.3 cm³/mol. The first kappa shape index (κ1) is 18.6. The van der Waals surface area contributed by atoms with Gasteiger partial charge in [-0.25, -0.2) is 0 Å². The van der Waals surface area contributed by atoms with Crippen molar-refractivity contribution < 1.29 is 21.6 Å². The normalized spacial score (nSPS) is 14.3. The monoisotopic (exact) mass is 274 g/mol. The van der Waals surface area contributed by atoms with Gasteiger partial charge in [0.2, 0.25) is 0 Å². The van der Waals surface area contributed by atoms with Crippen LogP contribution in [0.15, 0.2) is 0 Å². The van der Waals surface area contributed by atoms with E-state index in [0.29, 0.717) is 6.04 Å². The molecule has 0 aliphatic heterocycles. The summed E-state index contributed by atoms with van der Waals surface area (Å²) < 4.78 is 0. The molecule has 0 radical (unpaired) electrons. The van der Waals surface area contributed by atoms with Gasteiger partial charge < -0.3 is 16.8 Å². The second kappa shape index (κ2) is 12.6. The van der Waals surface area contributed by atoms with Gasteiger partial charge in [-0.3, -0.25) is 4.79 Å². The molecule has 0 saturated heterocycles. The Labute approximate surface area is 118 Å². The zero-order chi connectivity index (χ0) is 14.5. The third-order valence-electron chi connectivity index (χ3n) is 3.76. The Morgan fingerprint density at radius 2 is 1.68 bits per heavy atom. The Hall–Kier alpha value is -0.450. The van der Waals surface area contributed by atoms with E-state index in [1.54, 1.807) is 6.92 Å². The number of hydrogen-bond donors (Lipinski definition) is 3. The number of quaternary nitrogens is 3. The first-order valence-corrected chi connectivity index (χ1v) is 8.06. The van der Waals surface area contributed by atoms with Gasteiger partial charge in [0.15, 0.2) is 5.78 Å². The zero-order valence-corrected chi connectivity index (χ0v) is 13.1. The van der Waals surface area contributed by atoms with Crippen LogP contribution in [0.25, 0.3) is 0 Å². The van der Waals surface area contributed by atoms with E-state index in [9.17, 15) is 4.79 Å². The Bertz CT molecular complexity index is 221. The van der Waals surface area contributed by atoms with E-state index in [4.69, 9.17) is 0 Å². The van der Waals surface area contributed by atoms with Crippen molar-refractivity contribution in [2.24, 2.45) is 0 Å². The first-order chi connectivity index (χ1) is 9.07. The van der Waals surface area contributed by atoms with Gasteiger partial charge in [0, 0.05) is 13.3 Å². The molecule has 0 bridgehead atoms. The van der Waals surface area contributed by atoms with Crippen molar-refractivity contribution in [3.05, 3.63) is 0 Å². The fraction of sp³-hybridized carbons (Fsp3) is 0.933. The average Bonchev–Trinajstić information content (AvgIpc) is 2.38. The zero-order valence-electron chi connectivity index (χ0n) is 13.1. The molecule has 0 rings (SSSR count). The highest BCUT2D eigenvalue weighted by molar-refractivity contribution is 5.79. The second-order valence-corrected chi connectivity index (χ2v) is 5.83. The number of unbranched alkanes of at least 4 members (excludes halogenated alkanes) is 5. The summed E-state index contributed by atoms with van der Waals surface area (Å²) in [6, 6.07) is 0.518. The molecule has 0 amide bonds. The largest absolute Gasteiger partial charge is 0.350 e. The highest BCUT2D eigenvalue weighted by Gasteiger charge is 2.13. The van der Waals surface area contributed by atoms with Crippen molar-refractivity contribution in [2.45, 2.75) is 77.3 Å². The lowest BCUT2D eigenvalue weighted by molar-refractivity contribution is -0.683. The molecule has 0 aliphatic rings. The quantitative estimate of drug-likeness (QED) is 0.388. The molecule has 0 unspecified atom stereocenters. The van der Waals surface area contributed by atoms with Crippen LogP contribution in [0, 0.1) is 0 Å². The Morgan fingerprint density at radius 1 is 1.05 bits per heavy atom. The number of ketones is 1. The first-order valence-electron chi connectivity index (χ1n) is 8.06. The number of nitrogens with two attached hydrogens (primary N) is 1. The maximum absolute atomic E-state index is 11.0. The summed E-state index contributed by atoms with van der Waals surface area (Å²) in [7, 11) is 0. The summed E-state index contributed by atoms with van der Waals surface area (Å²) in [5.41, 5.74) is 8.06. The molecule has 0 aromatic heterocycles. The van der Waals surface area contributed by atoms with Crippen LogP contribution in [-0.4, -0.2) is 31.0 Å². The molecule has 0 aromatic rings. The molecule has 0 spiro atoms. The molecule has 4 heteroatoms. The van der Waals surface area contributed by atoms with Crippen molar-refractivity contribution in [3.8, 4) is 0 Å². The summed E-state index contributed by atoms with van der Waals surface area (Å²) in [4.78, 5) is 11.0. The van der Waals surface area contributed by atoms with Crippen LogP contribution in [0.1, 0.15) is 65.2 Å². The average molecular weight is 274 g/mol. The molecule has 0 aromatic carbocycles. The van der Waals surface area contributed by atoms with Gasteiger partial charge in [0.25, 0.3) is 0 Å². The molecular formula is C15H36N3O+3. The van der Waals surface area contributed by atoms with Crippen LogP contribution in [0.2, 0.25) is 0 Å². The number of hydrogen-bond acceptors (Lipinski definition) is 1. The van der Waals surface area contributed by atoms with Gasteiger partial charge in [-0.15, -0.1) is 0 Å². The minimum absolute atomic E-state index is 0.0296. The smallest absolute Gasteiger partial charge is 0.186 e. The van der Waals surface area contributed by atoms with Gasteiger partial charge in [0.05, 0.1) is 13.0 Å². The molecule has 0 heterocycles. The summed E-state index contributed by atoms with van der Waals surface area (Å²) in [5.74, 6) is 0.201. The summed E-state index contributed by atoms with van der Waals surface area (Å²) in [6.45, 7) is 5.96. The van der Waals surface area contributed by atoms with Crippen LogP contribution in [-0.2, 0) is 4.79 Å². The number of Topliss-reactive ketones (excluding diaryl/α,β-unsaturated/α-hetero) is 1. The van der Waals surface area contributed by atoms with Gasteiger partial charge in [-0.1, -0.05) is 39.0 Å². The Kier molecular flexibility index (Phi) is 12.3. The molecule has 0 fully saturated rings. The van der Waals surface area contributed by atoms with E-state index in [1.807, 2.05) is 0 Å². The van der Waals surface area contributed by atoms with Gasteiger partial charge >= 0.3 is 0 Å². The lowest BCUT2D eigenvalue weighted by Crippen LogP contribution is -2.91. The van der Waals surface area contributed by atoms with E-state index in [0.717, 1.165) is 19.5 Å². The SMILES string of the molecule is CCCCCCCC[C@H]([NH3+])C[NH2+]CC[C@H]([NH3+])C(C)=O. The van der Waals surface area contributed by atoms with Crippen LogP contribution in [0.5, 0.6) is 0 Å². The van der Waals surface area contributed by atoms with Gasteiger partial charge in [-0.05, 0) is 6.42 Å². The molecule has 0 saturated carbocycles. The minimum atomic E-state index is -0.0296. The molecule has 114 valence electrons. The van der Waals surface area contributed by atoms with Crippen molar-refractivity contribution in [3.63, 3.8) is 0 Å². The highest BCUT2D eigenvalue weighted by atomic mass is 16.1. The lowest BCUT2D eigenvalue weighted by atomic mass is 10.1. The van der Waals surface area contributed by atoms with Crippen molar-refractivity contribution in [2.75, 3.05) is 13.1 Å². The molecule has 2 atom stereocenters. The van der Waals surface area contributed by atoms with Crippen LogP contribution in [0.3, 0.4) is 0 Å². The third-order valence-corrected chi connectivity index (χ3v) is 3.76. The number of rotatable bonds is 13. The molecule has 0 aliphatic carbocycles. The summed E-state index contributed by atoms with van der Waals surface area (Å²) in [5, 5.41) is 2.29.